The molecular weight excluding hydrogens is 274 g/mol. The fourth-order valence-electron chi connectivity index (χ4n) is 5.24. The van der Waals surface area contributed by atoms with Crippen molar-refractivity contribution in [2.45, 2.75) is 49.8 Å². The minimum absolute atomic E-state index is 0.685. The van der Waals surface area contributed by atoms with Crippen molar-refractivity contribution in [3.8, 4) is 0 Å². The van der Waals surface area contributed by atoms with E-state index in [1.54, 1.807) is 6.42 Å². The highest BCUT2D eigenvalue weighted by Crippen LogP contribution is 2.63. The van der Waals surface area contributed by atoms with Crippen LogP contribution < -0.4 is 0 Å². The van der Waals surface area contributed by atoms with Crippen molar-refractivity contribution >= 4 is 15.9 Å². The Morgan fingerprint density at radius 1 is 1.12 bits per heavy atom. The summed E-state index contributed by atoms with van der Waals surface area (Å²) in [7, 11) is 4.40. The Morgan fingerprint density at radius 2 is 1.76 bits per heavy atom. The van der Waals surface area contributed by atoms with Crippen molar-refractivity contribution in [3.63, 3.8) is 0 Å². The van der Waals surface area contributed by atoms with E-state index in [4.69, 9.17) is 0 Å². The van der Waals surface area contributed by atoms with Crippen LogP contribution in [0.4, 0.5) is 0 Å². The molecule has 0 N–H and O–H groups in total. The van der Waals surface area contributed by atoms with E-state index in [9.17, 15) is 0 Å². The van der Waals surface area contributed by atoms with E-state index in [1.165, 1.54) is 45.1 Å². The summed E-state index contributed by atoms with van der Waals surface area (Å²) < 4.78 is 0. The van der Waals surface area contributed by atoms with Crippen LogP contribution in [-0.4, -0.2) is 30.4 Å². The smallest absolute Gasteiger partial charge is 0.0230 e. The van der Waals surface area contributed by atoms with Gasteiger partial charge in [-0.05, 0) is 88.8 Å². The lowest BCUT2D eigenvalue weighted by molar-refractivity contribution is -0.0489. The molecule has 0 aromatic heterocycles. The van der Waals surface area contributed by atoms with Crippen LogP contribution in [0.2, 0.25) is 0 Å². The monoisotopic (exact) mass is 299 g/mol. The summed E-state index contributed by atoms with van der Waals surface area (Å²) in [5.74, 6) is 3.18. The molecule has 3 unspecified atom stereocenters. The molecule has 0 spiro atoms. The second kappa shape index (κ2) is 4.52. The van der Waals surface area contributed by atoms with Gasteiger partial charge in [0.2, 0.25) is 0 Å². The normalized spacial score (nSPS) is 48.0. The van der Waals surface area contributed by atoms with Crippen molar-refractivity contribution in [1.29, 1.82) is 0 Å². The lowest BCUT2D eigenvalue weighted by Gasteiger charge is -2.60. The van der Waals surface area contributed by atoms with Gasteiger partial charge in [0.05, 0.1) is 0 Å². The highest BCUT2D eigenvalue weighted by molar-refractivity contribution is 9.09. The van der Waals surface area contributed by atoms with Crippen molar-refractivity contribution in [1.82, 2.24) is 4.90 Å². The maximum absolute atomic E-state index is 4.09. The minimum atomic E-state index is 0.685. The maximum atomic E-state index is 4.09. The molecule has 98 valence electrons. The van der Waals surface area contributed by atoms with Crippen LogP contribution in [0.3, 0.4) is 0 Å². The molecule has 0 saturated heterocycles. The zero-order valence-corrected chi connectivity index (χ0v) is 12.9. The van der Waals surface area contributed by atoms with E-state index >= 15 is 0 Å². The van der Waals surface area contributed by atoms with Crippen molar-refractivity contribution in [2.75, 3.05) is 20.6 Å². The predicted molar refractivity (Wildman–Crippen MR) is 76.5 cm³/mol. The maximum Gasteiger partial charge on any atom is 0.0230 e. The molecule has 4 saturated carbocycles. The van der Waals surface area contributed by atoms with Crippen molar-refractivity contribution < 1.29 is 0 Å². The molecule has 1 nitrogen and oxygen atoms in total. The van der Waals surface area contributed by atoms with Crippen molar-refractivity contribution in [2.24, 2.45) is 23.2 Å². The fourth-order valence-corrected chi connectivity index (χ4v) is 6.27. The Morgan fingerprint density at radius 3 is 2.35 bits per heavy atom. The summed E-state index contributed by atoms with van der Waals surface area (Å²) in [5.41, 5.74) is 0.685. The van der Waals surface area contributed by atoms with E-state index < -0.39 is 0 Å². The second-order valence-corrected chi connectivity index (χ2v) is 8.26. The SMILES string of the molecule is CN(C)CCCC12CC3CC(CC(C3)C1Br)C2. The van der Waals surface area contributed by atoms with E-state index in [1.807, 2.05) is 0 Å². The van der Waals surface area contributed by atoms with Gasteiger partial charge in [0, 0.05) is 4.83 Å². The average molecular weight is 300 g/mol. The molecule has 2 heteroatoms. The Kier molecular flexibility index (Phi) is 3.32. The Labute approximate surface area is 114 Å². The third-order valence-corrected chi connectivity index (χ3v) is 7.33. The standard InChI is InChI=1S/C15H26BrN/c1-17(2)5-3-4-15-9-11-6-12(10-15)8-13(7-11)14(15)16/h11-14H,3-10H2,1-2H3. The Hall–Kier alpha value is 0.440. The highest BCUT2D eigenvalue weighted by atomic mass is 79.9. The first kappa shape index (κ1) is 12.5. The molecule has 0 radical (unpaired) electrons. The Bertz CT molecular complexity index is 275. The van der Waals surface area contributed by atoms with Gasteiger partial charge in [-0.1, -0.05) is 15.9 Å². The van der Waals surface area contributed by atoms with Crippen LogP contribution in [0, 0.1) is 23.2 Å². The average Bonchev–Trinajstić information content (AvgIpc) is 2.24. The molecule has 0 aliphatic heterocycles. The number of hydrogen-bond acceptors (Lipinski definition) is 1. The van der Waals surface area contributed by atoms with E-state index in [0.29, 0.717) is 5.41 Å². The van der Waals surface area contributed by atoms with Crippen LogP contribution >= 0.6 is 15.9 Å². The summed E-state index contributed by atoms with van der Waals surface area (Å²) in [6.07, 6.45) is 10.5. The first-order chi connectivity index (χ1) is 8.09. The summed E-state index contributed by atoms with van der Waals surface area (Å²) in [6.45, 7) is 1.27. The van der Waals surface area contributed by atoms with Gasteiger partial charge in [0.25, 0.3) is 0 Å². The largest absolute Gasteiger partial charge is 0.309 e. The van der Waals surface area contributed by atoms with Gasteiger partial charge in [-0.2, -0.15) is 0 Å². The molecule has 4 bridgehead atoms. The summed E-state index contributed by atoms with van der Waals surface area (Å²) in [5, 5.41) is 0. The van der Waals surface area contributed by atoms with Gasteiger partial charge in [-0.15, -0.1) is 0 Å². The lowest BCUT2D eigenvalue weighted by atomic mass is 9.48. The lowest BCUT2D eigenvalue weighted by Crippen LogP contribution is -2.53. The number of hydrogen-bond donors (Lipinski definition) is 0. The molecule has 0 aromatic rings. The molecule has 0 aromatic carbocycles. The van der Waals surface area contributed by atoms with Crippen LogP contribution in [0.25, 0.3) is 0 Å². The number of nitrogens with zero attached hydrogens (tertiary/aromatic N) is 1. The molecule has 0 amide bonds. The highest BCUT2D eigenvalue weighted by Gasteiger charge is 2.55. The minimum Gasteiger partial charge on any atom is -0.309 e. The Balaban J connectivity index is 1.68. The molecule has 4 fully saturated rings. The van der Waals surface area contributed by atoms with Crippen LogP contribution in [0.1, 0.15) is 44.9 Å². The second-order valence-electron chi connectivity index (χ2n) is 7.28. The van der Waals surface area contributed by atoms with Gasteiger partial charge in [0.15, 0.2) is 0 Å². The number of alkyl halides is 1. The van der Waals surface area contributed by atoms with Crippen molar-refractivity contribution in [3.05, 3.63) is 0 Å². The van der Waals surface area contributed by atoms with Gasteiger partial charge >= 0.3 is 0 Å². The molecule has 17 heavy (non-hydrogen) atoms. The summed E-state index contributed by atoms with van der Waals surface area (Å²) in [4.78, 5) is 3.17. The molecule has 4 rings (SSSR count). The molecule has 4 aliphatic rings. The zero-order chi connectivity index (χ0) is 12.0. The molecular formula is C15H26BrN. The van der Waals surface area contributed by atoms with Gasteiger partial charge < -0.3 is 4.90 Å². The van der Waals surface area contributed by atoms with E-state index in [0.717, 1.165) is 22.6 Å². The predicted octanol–water partition coefficient (Wildman–Crippen LogP) is 3.92. The van der Waals surface area contributed by atoms with Crippen LogP contribution in [0.5, 0.6) is 0 Å². The van der Waals surface area contributed by atoms with Gasteiger partial charge in [-0.25, -0.2) is 0 Å². The summed E-state index contributed by atoms with van der Waals surface area (Å²) >= 11 is 4.09. The summed E-state index contributed by atoms with van der Waals surface area (Å²) in [6, 6.07) is 0. The molecule has 4 aliphatic carbocycles. The van der Waals surface area contributed by atoms with E-state index in [-0.39, 0.29) is 0 Å². The molecule has 0 heterocycles. The third kappa shape index (κ3) is 2.20. The van der Waals surface area contributed by atoms with Gasteiger partial charge in [0.1, 0.15) is 0 Å². The van der Waals surface area contributed by atoms with Crippen LogP contribution in [0.15, 0.2) is 0 Å². The fraction of sp³-hybridized carbons (Fsp3) is 1.00. The topological polar surface area (TPSA) is 3.24 Å². The zero-order valence-electron chi connectivity index (χ0n) is 11.3. The number of rotatable bonds is 4. The van der Waals surface area contributed by atoms with E-state index in [2.05, 4.69) is 34.9 Å². The molecule has 3 atom stereocenters. The first-order valence-corrected chi connectivity index (χ1v) is 8.29. The van der Waals surface area contributed by atoms with Crippen LogP contribution in [-0.2, 0) is 0 Å². The number of halogens is 1. The first-order valence-electron chi connectivity index (χ1n) is 7.38. The third-order valence-electron chi connectivity index (χ3n) is 5.61. The van der Waals surface area contributed by atoms with Gasteiger partial charge in [-0.3, -0.25) is 0 Å². The quantitative estimate of drug-likeness (QED) is 0.711.